The molecule has 1 heterocycles. The summed E-state index contributed by atoms with van der Waals surface area (Å²) in [6.45, 7) is 5.91. The molecule has 2 nitrogen and oxygen atoms in total. The molecule has 1 unspecified atom stereocenters. The van der Waals surface area contributed by atoms with Crippen LogP contribution in [0.1, 0.15) is 26.6 Å². The summed E-state index contributed by atoms with van der Waals surface area (Å²) in [5.74, 6) is -0.855. The van der Waals surface area contributed by atoms with Crippen LogP contribution in [0.2, 0.25) is 5.15 Å². The molecule has 1 aromatic rings. The molecule has 0 N–H and O–H groups in total. The van der Waals surface area contributed by atoms with Crippen molar-refractivity contribution in [1.29, 1.82) is 0 Å². The third kappa shape index (κ3) is 4.35. The fraction of sp³-hybridized carbons (Fsp3) is 0.600. The van der Waals surface area contributed by atoms with Crippen molar-refractivity contribution < 1.29 is 13.2 Å². The Morgan fingerprint density at radius 2 is 1.82 bits per heavy atom. The molecule has 96 valence electrons. The normalized spacial score (nSPS) is 14.1. The van der Waals surface area contributed by atoms with Crippen molar-refractivity contribution in [3.63, 3.8) is 0 Å². The minimum absolute atomic E-state index is 0.155. The van der Waals surface area contributed by atoms with Crippen LogP contribution in [0.15, 0.2) is 11.1 Å². The first-order valence-electron chi connectivity index (χ1n) is 4.98. The molecule has 0 bridgehead atoms. The molecular formula is C10H12ClF3N2S. The standard InChI is InChI=1S/C10H12ClF3N2S/c1-5(2)6(3)17-8-4-7(11)15-9(16-8)10(12,13)14/h4-6H,1-3H3. The van der Waals surface area contributed by atoms with Crippen molar-refractivity contribution >= 4 is 23.4 Å². The van der Waals surface area contributed by atoms with Gasteiger partial charge in [0, 0.05) is 11.3 Å². The van der Waals surface area contributed by atoms with Crippen molar-refractivity contribution in [2.45, 2.75) is 37.2 Å². The van der Waals surface area contributed by atoms with Gasteiger partial charge < -0.3 is 0 Å². The molecule has 0 amide bonds. The predicted molar refractivity (Wildman–Crippen MR) is 62.2 cm³/mol. The van der Waals surface area contributed by atoms with Crippen molar-refractivity contribution in [3.05, 3.63) is 17.0 Å². The molecule has 1 aromatic heterocycles. The number of alkyl halides is 3. The second kappa shape index (κ2) is 5.44. The van der Waals surface area contributed by atoms with E-state index in [0.717, 1.165) is 0 Å². The third-order valence-electron chi connectivity index (χ3n) is 2.17. The zero-order valence-corrected chi connectivity index (χ0v) is 11.1. The highest BCUT2D eigenvalue weighted by Crippen LogP contribution is 2.32. The SMILES string of the molecule is CC(C)C(C)Sc1cc(Cl)nc(C(F)(F)F)n1. The van der Waals surface area contributed by atoms with Crippen molar-refractivity contribution in [2.24, 2.45) is 5.92 Å². The molecule has 0 radical (unpaired) electrons. The predicted octanol–water partition coefficient (Wildman–Crippen LogP) is 4.29. The number of nitrogens with zero attached hydrogens (tertiary/aromatic N) is 2. The number of thioether (sulfide) groups is 1. The molecule has 0 aliphatic heterocycles. The van der Waals surface area contributed by atoms with Crippen molar-refractivity contribution in [3.8, 4) is 0 Å². The summed E-state index contributed by atoms with van der Waals surface area (Å²) in [7, 11) is 0. The average molecular weight is 285 g/mol. The van der Waals surface area contributed by atoms with Gasteiger partial charge in [-0.15, -0.1) is 11.8 Å². The quantitative estimate of drug-likeness (QED) is 0.612. The molecule has 1 rings (SSSR count). The van der Waals surface area contributed by atoms with Gasteiger partial charge in [0.15, 0.2) is 0 Å². The van der Waals surface area contributed by atoms with E-state index in [9.17, 15) is 13.2 Å². The van der Waals surface area contributed by atoms with Crippen molar-refractivity contribution in [1.82, 2.24) is 9.97 Å². The number of hydrogen-bond acceptors (Lipinski definition) is 3. The Morgan fingerprint density at radius 1 is 1.24 bits per heavy atom. The van der Waals surface area contributed by atoms with Crippen LogP contribution in [0, 0.1) is 5.92 Å². The summed E-state index contributed by atoms with van der Waals surface area (Å²) in [4.78, 5) is 6.64. The molecular weight excluding hydrogens is 273 g/mol. The highest BCUT2D eigenvalue weighted by atomic mass is 35.5. The third-order valence-corrected chi connectivity index (χ3v) is 3.73. The molecule has 1 atom stereocenters. The van der Waals surface area contributed by atoms with Gasteiger partial charge in [0.05, 0.1) is 0 Å². The first kappa shape index (κ1) is 14.6. The summed E-state index contributed by atoms with van der Waals surface area (Å²) in [5.41, 5.74) is 0. The summed E-state index contributed by atoms with van der Waals surface area (Å²) in [6.07, 6.45) is -4.57. The van der Waals surface area contributed by atoms with E-state index in [0.29, 0.717) is 5.92 Å². The summed E-state index contributed by atoms with van der Waals surface area (Å²) in [5, 5.41) is 0.214. The monoisotopic (exact) mass is 284 g/mol. The van der Waals surface area contributed by atoms with Gasteiger partial charge in [-0.05, 0) is 5.92 Å². The molecule has 0 aromatic carbocycles. The van der Waals surface area contributed by atoms with Gasteiger partial charge in [-0.3, -0.25) is 0 Å². The van der Waals surface area contributed by atoms with Crippen LogP contribution in [0.25, 0.3) is 0 Å². The van der Waals surface area contributed by atoms with Crippen LogP contribution in [-0.4, -0.2) is 15.2 Å². The highest BCUT2D eigenvalue weighted by Gasteiger charge is 2.35. The van der Waals surface area contributed by atoms with E-state index < -0.39 is 12.0 Å². The van der Waals surface area contributed by atoms with Gasteiger partial charge >= 0.3 is 6.18 Å². The van der Waals surface area contributed by atoms with E-state index in [1.165, 1.54) is 17.8 Å². The average Bonchev–Trinajstić information content (AvgIpc) is 2.15. The van der Waals surface area contributed by atoms with Gasteiger partial charge in [0.25, 0.3) is 0 Å². The van der Waals surface area contributed by atoms with E-state index >= 15 is 0 Å². The second-order valence-electron chi connectivity index (χ2n) is 3.92. The number of rotatable bonds is 3. The molecule has 0 spiro atoms. The molecule has 0 aliphatic carbocycles. The molecule has 0 saturated carbocycles. The van der Waals surface area contributed by atoms with E-state index in [1.54, 1.807) is 0 Å². The van der Waals surface area contributed by atoms with Gasteiger partial charge in [-0.1, -0.05) is 32.4 Å². The topological polar surface area (TPSA) is 25.8 Å². The van der Waals surface area contributed by atoms with Crippen LogP contribution in [0.4, 0.5) is 13.2 Å². The van der Waals surface area contributed by atoms with Gasteiger partial charge in [-0.25, -0.2) is 9.97 Å². The molecule has 7 heteroatoms. The Morgan fingerprint density at radius 3 is 2.29 bits per heavy atom. The zero-order valence-electron chi connectivity index (χ0n) is 9.55. The maximum absolute atomic E-state index is 12.5. The first-order valence-corrected chi connectivity index (χ1v) is 6.24. The van der Waals surface area contributed by atoms with Crippen LogP contribution in [-0.2, 0) is 6.18 Å². The van der Waals surface area contributed by atoms with Crippen LogP contribution < -0.4 is 0 Å². The number of hydrogen-bond donors (Lipinski definition) is 0. The number of aromatic nitrogens is 2. The summed E-state index contributed by atoms with van der Waals surface area (Å²) < 4.78 is 37.4. The Hall–Kier alpha value is -0.490. The highest BCUT2D eigenvalue weighted by molar-refractivity contribution is 7.99. The maximum atomic E-state index is 12.5. The van der Waals surface area contributed by atoms with E-state index in [1.807, 2.05) is 20.8 Å². The van der Waals surface area contributed by atoms with Crippen LogP contribution in [0.3, 0.4) is 0 Å². The molecule has 17 heavy (non-hydrogen) atoms. The van der Waals surface area contributed by atoms with E-state index in [4.69, 9.17) is 11.6 Å². The first-order chi connectivity index (χ1) is 7.70. The molecule has 0 fully saturated rings. The minimum Gasteiger partial charge on any atom is -0.218 e. The molecule has 0 aliphatic rings. The van der Waals surface area contributed by atoms with Gasteiger partial charge in [-0.2, -0.15) is 13.2 Å². The largest absolute Gasteiger partial charge is 0.451 e. The van der Waals surface area contributed by atoms with Gasteiger partial charge in [0.1, 0.15) is 10.2 Å². The minimum atomic E-state index is -4.57. The lowest BCUT2D eigenvalue weighted by atomic mass is 10.2. The number of halogens is 4. The second-order valence-corrected chi connectivity index (χ2v) is 5.70. The Kier molecular flexibility index (Phi) is 4.66. The maximum Gasteiger partial charge on any atom is 0.451 e. The van der Waals surface area contributed by atoms with Crippen molar-refractivity contribution in [2.75, 3.05) is 0 Å². The van der Waals surface area contributed by atoms with E-state index in [2.05, 4.69) is 9.97 Å². The fourth-order valence-electron chi connectivity index (χ4n) is 0.911. The fourth-order valence-corrected chi connectivity index (χ4v) is 2.13. The Balaban J connectivity index is 2.98. The van der Waals surface area contributed by atoms with E-state index in [-0.39, 0.29) is 15.4 Å². The lowest BCUT2D eigenvalue weighted by Crippen LogP contribution is -2.12. The Bertz CT molecular complexity index is 396. The van der Waals surface area contributed by atoms with Crippen LogP contribution in [0.5, 0.6) is 0 Å². The molecule has 0 saturated heterocycles. The lowest BCUT2D eigenvalue weighted by molar-refractivity contribution is -0.145. The zero-order chi connectivity index (χ0) is 13.2. The summed E-state index contributed by atoms with van der Waals surface area (Å²) >= 11 is 6.82. The smallest absolute Gasteiger partial charge is 0.218 e. The Labute approximate surface area is 107 Å². The summed E-state index contributed by atoms with van der Waals surface area (Å²) in [6, 6.07) is 1.35. The lowest BCUT2D eigenvalue weighted by Gasteiger charge is -2.15. The van der Waals surface area contributed by atoms with Crippen LogP contribution >= 0.6 is 23.4 Å². The van der Waals surface area contributed by atoms with Gasteiger partial charge in [0.2, 0.25) is 5.82 Å².